The van der Waals surface area contributed by atoms with Crippen LogP contribution >= 0.6 is 0 Å². The first-order valence-electron chi connectivity index (χ1n) is 16.3. The Hall–Kier alpha value is -2.76. The third-order valence-electron chi connectivity index (χ3n) is 8.09. The van der Waals surface area contributed by atoms with Gasteiger partial charge in [0.25, 0.3) is 5.91 Å². The SMILES string of the molecule is CCCCCCCCCCCCCCCCOCCC(=O)OC[C@H]1O[C@@H](n2cc(C(N)=O)c3c(N)nc(C)nc32)C[C@@H]1O. The number of aryl methyl sites for hydroxylation is 1. The molecule has 3 atom stereocenters. The number of aliphatic hydroxyl groups is 1. The number of carbonyl (C=O) groups excluding carboxylic acids is 2. The summed E-state index contributed by atoms with van der Waals surface area (Å²) in [6.07, 6.45) is 18.0. The summed E-state index contributed by atoms with van der Waals surface area (Å²) >= 11 is 0. The molecule has 11 heteroatoms. The van der Waals surface area contributed by atoms with Gasteiger partial charge in [0, 0.05) is 19.2 Å². The maximum Gasteiger partial charge on any atom is 0.308 e. The summed E-state index contributed by atoms with van der Waals surface area (Å²) in [5.74, 6) is -0.501. The quantitative estimate of drug-likeness (QED) is 0.116. The average molecular weight is 604 g/mol. The second-order valence-electron chi connectivity index (χ2n) is 11.7. The molecule has 0 unspecified atom stereocenters. The van der Waals surface area contributed by atoms with Crippen molar-refractivity contribution >= 4 is 28.7 Å². The van der Waals surface area contributed by atoms with Crippen molar-refractivity contribution in [3.05, 3.63) is 17.6 Å². The van der Waals surface area contributed by atoms with E-state index in [9.17, 15) is 14.7 Å². The Balaban J connectivity index is 1.23. The van der Waals surface area contributed by atoms with E-state index in [1.54, 1.807) is 11.5 Å². The zero-order chi connectivity index (χ0) is 31.0. The molecule has 2 aromatic rings. The van der Waals surface area contributed by atoms with E-state index in [1.165, 1.54) is 83.2 Å². The topological polar surface area (TPSA) is 165 Å². The maximum absolute atomic E-state index is 12.2. The number of hydrogen-bond acceptors (Lipinski definition) is 9. The van der Waals surface area contributed by atoms with Gasteiger partial charge in [-0.15, -0.1) is 0 Å². The minimum absolute atomic E-state index is 0.0898. The van der Waals surface area contributed by atoms with E-state index < -0.39 is 30.3 Å². The fraction of sp³-hybridized carbons (Fsp3) is 0.750. The number of nitrogens with two attached hydrogens (primary N) is 2. The molecule has 1 saturated heterocycles. The number of hydrogen-bond donors (Lipinski definition) is 3. The van der Waals surface area contributed by atoms with Crippen molar-refractivity contribution < 1.29 is 28.9 Å². The van der Waals surface area contributed by atoms with Crippen molar-refractivity contribution in [1.82, 2.24) is 14.5 Å². The van der Waals surface area contributed by atoms with E-state index in [-0.39, 0.29) is 30.8 Å². The number of amides is 1. The number of nitrogen functional groups attached to an aromatic ring is 1. The molecular formula is C32H53N5O6. The zero-order valence-electron chi connectivity index (χ0n) is 26.2. The number of fused-ring (bicyclic) bond motifs is 1. The summed E-state index contributed by atoms with van der Waals surface area (Å²) in [6, 6.07) is 0. The van der Waals surface area contributed by atoms with Gasteiger partial charge in [-0.25, -0.2) is 9.97 Å². The van der Waals surface area contributed by atoms with Gasteiger partial charge >= 0.3 is 5.97 Å². The summed E-state index contributed by atoms with van der Waals surface area (Å²) in [5, 5.41) is 10.9. The number of rotatable bonds is 22. The molecule has 1 aliphatic rings. The number of aliphatic hydroxyl groups excluding tert-OH is 1. The first-order chi connectivity index (χ1) is 20.8. The summed E-state index contributed by atoms with van der Waals surface area (Å²) in [7, 11) is 0. The number of esters is 1. The molecule has 2 aromatic heterocycles. The molecule has 1 aliphatic heterocycles. The molecular weight excluding hydrogens is 550 g/mol. The molecule has 242 valence electrons. The molecule has 0 radical (unpaired) electrons. The Morgan fingerprint density at radius 3 is 2.19 bits per heavy atom. The summed E-state index contributed by atoms with van der Waals surface area (Å²) in [6.45, 7) is 4.81. The van der Waals surface area contributed by atoms with Gasteiger partial charge in [-0.05, 0) is 13.3 Å². The zero-order valence-corrected chi connectivity index (χ0v) is 26.2. The summed E-state index contributed by atoms with van der Waals surface area (Å²) in [5.41, 5.74) is 12.1. The van der Waals surface area contributed by atoms with Gasteiger partial charge in [0.1, 0.15) is 36.2 Å². The highest BCUT2D eigenvalue weighted by Gasteiger charge is 2.37. The molecule has 1 fully saturated rings. The maximum atomic E-state index is 12.2. The van der Waals surface area contributed by atoms with E-state index in [0.29, 0.717) is 30.1 Å². The van der Waals surface area contributed by atoms with Crippen LogP contribution in [0.1, 0.15) is 132 Å². The predicted molar refractivity (Wildman–Crippen MR) is 166 cm³/mol. The Bertz CT molecular complexity index is 1140. The Kier molecular flexibility index (Phi) is 15.2. The van der Waals surface area contributed by atoms with Crippen LogP contribution in [0.15, 0.2) is 6.20 Å². The number of unbranched alkanes of at least 4 members (excludes halogenated alkanes) is 13. The molecule has 11 nitrogen and oxygen atoms in total. The third-order valence-corrected chi connectivity index (χ3v) is 8.09. The monoisotopic (exact) mass is 603 g/mol. The van der Waals surface area contributed by atoms with E-state index in [0.717, 1.165) is 12.8 Å². The molecule has 0 saturated carbocycles. The van der Waals surface area contributed by atoms with Crippen LogP contribution in [-0.2, 0) is 19.0 Å². The van der Waals surface area contributed by atoms with E-state index in [1.807, 2.05) is 0 Å². The van der Waals surface area contributed by atoms with Crippen molar-refractivity contribution in [1.29, 1.82) is 0 Å². The average Bonchev–Trinajstić information content (AvgIpc) is 3.54. The van der Waals surface area contributed by atoms with Gasteiger partial charge in [0.05, 0.1) is 30.1 Å². The molecule has 0 aromatic carbocycles. The molecule has 3 heterocycles. The standard InChI is InChI=1S/C32H53N5O6/c1-3-4-5-6-7-8-9-10-11-12-13-14-15-16-18-41-19-17-28(39)42-22-26-25(38)20-27(43-26)37-21-24(31(34)40)29-30(33)35-23(2)36-32(29)37/h21,25-27,38H,3-20,22H2,1-2H3,(H2,34,40)(H2,33,35,36)/t25-,26+,27+/m0/s1. The molecule has 0 bridgehead atoms. The minimum Gasteiger partial charge on any atom is -0.463 e. The largest absolute Gasteiger partial charge is 0.463 e. The van der Waals surface area contributed by atoms with Crippen LogP contribution in [-0.4, -0.2) is 63.5 Å². The van der Waals surface area contributed by atoms with Crippen molar-refractivity contribution in [3.8, 4) is 0 Å². The van der Waals surface area contributed by atoms with Crippen molar-refractivity contribution in [2.75, 3.05) is 25.6 Å². The molecule has 0 spiro atoms. The minimum atomic E-state index is -0.871. The van der Waals surface area contributed by atoms with Crippen LogP contribution in [0, 0.1) is 6.92 Å². The third kappa shape index (κ3) is 11.4. The van der Waals surface area contributed by atoms with E-state index >= 15 is 0 Å². The van der Waals surface area contributed by atoms with Crippen LogP contribution in [0.4, 0.5) is 5.82 Å². The lowest BCUT2D eigenvalue weighted by atomic mass is 10.0. The van der Waals surface area contributed by atoms with Crippen LogP contribution < -0.4 is 11.5 Å². The Morgan fingerprint density at radius 1 is 0.977 bits per heavy atom. The van der Waals surface area contributed by atoms with Gasteiger partial charge in [-0.3, -0.25) is 9.59 Å². The van der Waals surface area contributed by atoms with Gasteiger partial charge in [0.15, 0.2) is 0 Å². The van der Waals surface area contributed by atoms with Crippen LogP contribution in [0.2, 0.25) is 0 Å². The highest BCUT2D eigenvalue weighted by Crippen LogP contribution is 2.34. The highest BCUT2D eigenvalue weighted by atomic mass is 16.6. The van der Waals surface area contributed by atoms with E-state index in [4.69, 9.17) is 25.7 Å². The van der Waals surface area contributed by atoms with E-state index in [2.05, 4.69) is 16.9 Å². The predicted octanol–water partition coefficient (Wildman–Crippen LogP) is 5.50. The molecule has 0 aliphatic carbocycles. The van der Waals surface area contributed by atoms with Crippen molar-refractivity contribution in [3.63, 3.8) is 0 Å². The number of carbonyl (C=O) groups is 2. The second-order valence-corrected chi connectivity index (χ2v) is 11.7. The first-order valence-corrected chi connectivity index (χ1v) is 16.3. The number of primary amides is 1. The number of nitrogens with zero attached hydrogens (tertiary/aromatic N) is 3. The molecule has 43 heavy (non-hydrogen) atoms. The van der Waals surface area contributed by atoms with Crippen LogP contribution in [0.25, 0.3) is 11.0 Å². The smallest absolute Gasteiger partial charge is 0.308 e. The molecule has 5 N–H and O–H groups in total. The molecule has 1 amide bonds. The lowest BCUT2D eigenvalue weighted by molar-refractivity contribution is -0.151. The van der Waals surface area contributed by atoms with Crippen molar-refractivity contribution in [2.24, 2.45) is 5.73 Å². The summed E-state index contributed by atoms with van der Waals surface area (Å²) < 4.78 is 18.6. The summed E-state index contributed by atoms with van der Waals surface area (Å²) in [4.78, 5) is 32.7. The Labute approximate surface area is 256 Å². The number of anilines is 1. The Morgan fingerprint density at radius 2 is 1.58 bits per heavy atom. The van der Waals surface area contributed by atoms with Crippen LogP contribution in [0.3, 0.4) is 0 Å². The van der Waals surface area contributed by atoms with Crippen molar-refractivity contribution in [2.45, 2.75) is 135 Å². The lowest BCUT2D eigenvalue weighted by Gasteiger charge is -2.16. The highest BCUT2D eigenvalue weighted by molar-refractivity contribution is 6.08. The first kappa shape index (κ1) is 34.7. The molecule has 3 rings (SSSR count). The fourth-order valence-corrected chi connectivity index (χ4v) is 5.63. The normalized spacial score (nSPS) is 18.4. The van der Waals surface area contributed by atoms with Crippen LogP contribution in [0.5, 0.6) is 0 Å². The second kappa shape index (κ2) is 18.8. The van der Waals surface area contributed by atoms with Gasteiger partial charge in [-0.1, -0.05) is 90.4 Å². The van der Waals surface area contributed by atoms with Gasteiger partial charge in [0.2, 0.25) is 0 Å². The fourth-order valence-electron chi connectivity index (χ4n) is 5.63. The number of ether oxygens (including phenoxy) is 3. The number of aromatic nitrogens is 3. The van der Waals surface area contributed by atoms with Gasteiger partial charge in [-0.2, -0.15) is 0 Å². The van der Waals surface area contributed by atoms with Gasteiger partial charge < -0.3 is 35.4 Å². The lowest BCUT2D eigenvalue weighted by Crippen LogP contribution is -2.28.